The molecule has 3 rings (SSSR count). The van der Waals surface area contributed by atoms with Crippen molar-refractivity contribution in [3.8, 4) is 5.75 Å². The Bertz CT molecular complexity index is 620. The normalized spacial score (nSPS) is 26.7. The fourth-order valence-corrected chi connectivity index (χ4v) is 2.97. The maximum absolute atomic E-state index is 13.5. The van der Waals surface area contributed by atoms with Crippen LogP contribution in [0.4, 0.5) is 4.39 Å². The zero-order chi connectivity index (χ0) is 16.4. The molecule has 1 unspecified atom stereocenters. The largest absolute Gasteiger partial charge is 0.493 e. The Morgan fingerprint density at radius 3 is 2.74 bits per heavy atom. The monoisotopic (exact) mass is 323 g/mol. The third kappa shape index (κ3) is 3.44. The van der Waals surface area contributed by atoms with Crippen LogP contribution in [0, 0.1) is 5.82 Å². The molecule has 1 saturated heterocycles. The summed E-state index contributed by atoms with van der Waals surface area (Å²) in [5.74, 6) is -1.26. The van der Waals surface area contributed by atoms with E-state index in [0.717, 1.165) is 6.42 Å². The van der Waals surface area contributed by atoms with Crippen molar-refractivity contribution in [3.05, 3.63) is 29.6 Å². The molecular formula is C16H18FNO5. The number of carboxylic acid groups (broad SMARTS) is 1. The van der Waals surface area contributed by atoms with Crippen molar-refractivity contribution in [1.29, 1.82) is 0 Å². The summed E-state index contributed by atoms with van der Waals surface area (Å²) in [5.41, 5.74) is 0.601. The van der Waals surface area contributed by atoms with Gasteiger partial charge in [-0.05, 0) is 43.9 Å². The summed E-state index contributed by atoms with van der Waals surface area (Å²) in [4.78, 5) is 23.2. The number of ether oxygens (including phenoxy) is 2. The van der Waals surface area contributed by atoms with Crippen LogP contribution < -0.4 is 10.1 Å². The van der Waals surface area contributed by atoms with Crippen molar-refractivity contribution in [2.75, 3.05) is 6.61 Å². The number of hydrogen-bond donors (Lipinski definition) is 2. The SMILES string of the molecule is O=C(NC1CCCOc2ccc(F)cc21)[C@@H]1CC[C@H](C(=O)O)O1. The van der Waals surface area contributed by atoms with Gasteiger partial charge in [-0.2, -0.15) is 0 Å². The van der Waals surface area contributed by atoms with Crippen LogP contribution in [0.5, 0.6) is 5.75 Å². The first kappa shape index (κ1) is 15.7. The lowest BCUT2D eigenvalue weighted by molar-refractivity contribution is -0.151. The van der Waals surface area contributed by atoms with Crippen molar-refractivity contribution in [3.63, 3.8) is 0 Å². The summed E-state index contributed by atoms with van der Waals surface area (Å²) in [5, 5.41) is 11.8. The van der Waals surface area contributed by atoms with Crippen molar-refractivity contribution < 1.29 is 28.6 Å². The number of carbonyl (C=O) groups excluding carboxylic acids is 1. The lowest BCUT2D eigenvalue weighted by Crippen LogP contribution is -2.37. The van der Waals surface area contributed by atoms with E-state index in [4.69, 9.17) is 14.6 Å². The van der Waals surface area contributed by atoms with E-state index in [0.29, 0.717) is 37.2 Å². The number of carbonyl (C=O) groups is 2. The molecule has 0 spiro atoms. The van der Waals surface area contributed by atoms with Gasteiger partial charge >= 0.3 is 5.97 Å². The fraction of sp³-hybridized carbons (Fsp3) is 0.500. The van der Waals surface area contributed by atoms with Gasteiger partial charge in [-0.3, -0.25) is 4.79 Å². The Labute approximate surface area is 132 Å². The van der Waals surface area contributed by atoms with E-state index in [-0.39, 0.29) is 11.9 Å². The Balaban J connectivity index is 1.71. The van der Waals surface area contributed by atoms with Gasteiger partial charge in [-0.1, -0.05) is 0 Å². The van der Waals surface area contributed by atoms with E-state index in [1.165, 1.54) is 12.1 Å². The van der Waals surface area contributed by atoms with Crippen molar-refractivity contribution >= 4 is 11.9 Å². The zero-order valence-electron chi connectivity index (χ0n) is 12.5. The molecule has 2 aliphatic heterocycles. The highest BCUT2D eigenvalue weighted by Crippen LogP contribution is 2.32. The second-order valence-electron chi connectivity index (χ2n) is 5.76. The van der Waals surface area contributed by atoms with Gasteiger partial charge in [-0.15, -0.1) is 0 Å². The molecule has 7 heteroatoms. The number of fused-ring (bicyclic) bond motifs is 1. The maximum Gasteiger partial charge on any atom is 0.332 e. The first-order chi connectivity index (χ1) is 11.0. The molecule has 23 heavy (non-hydrogen) atoms. The predicted octanol–water partition coefficient (Wildman–Crippen LogP) is 1.79. The van der Waals surface area contributed by atoms with Crippen LogP contribution in [0.25, 0.3) is 0 Å². The molecule has 2 N–H and O–H groups in total. The van der Waals surface area contributed by atoms with E-state index in [2.05, 4.69) is 5.32 Å². The summed E-state index contributed by atoms with van der Waals surface area (Å²) in [6.07, 6.45) is 0.307. The fourth-order valence-electron chi connectivity index (χ4n) is 2.97. The van der Waals surface area contributed by atoms with E-state index in [1.807, 2.05) is 0 Å². The number of benzene rings is 1. The van der Waals surface area contributed by atoms with Gasteiger partial charge in [0.1, 0.15) is 17.7 Å². The number of hydrogen-bond acceptors (Lipinski definition) is 4. The van der Waals surface area contributed by atoms with Gasteiger partial charge < -0.3 is 19.9 Å². The van der Waals surface area contributed by atoms with E-state index >= 15 is 0 Å². The molecule has 3 atom stereocenters. The molecule has 0 saturated carbocycles. The molecule has 2 aliphatic rings. The molecule has 2 heterocycles. The molecule has 0 aliphatic carbocycles. The quantitative estimate of drug-likeness (QED) is 0.886. The van der Waals surface area contributed by atoms with Crippen LogP contribution in [0.2, 0.25) is 0 Å². The Hall–Kier alpha value is -2.15. The molecule has 1 fully saturated rings. The van der Waals surface area contributed by atoms with Crippen LogP contribution in [0.3, 0.4) is 0 Å². The predicted molar refractivity (Wildman–Crippen MR) is 77.5 cm³/mol. The summed E-state index contributed by atoms with van der Waals surface area (Å²) in [6.45, 7) is 0.506. The molecule has 0 aromatic heterocycles. The third-order valence-corrected chi connectivity index (χ3v) is 4.15. The standard InChI is InChI=1S/C16H18FNO5/c17-9-3-4-12-10(8-9)11(2-1-7-22-12)18-15(19)13-5-6-14(23-13)16(20)21/h3-4,8,11,13-14H,1-2,5-7H2,(H,18,19)(H,20,21)/t11?,13-,14+/m0/s1. The van der Waals surface area contributed by atoms with Crippen LogP contribution >= 0.6 is 0 Å². The average Bonchev–Trinajstić information content (AvgIpc) is 2.94. The zero-order valence-corrected chi connectivity index (χ0v) is 12.5. The first-order valence-electron chi connectivity index (χ1n) is 7.65. The molecule has 1 aromatic rings. The Morgan fingerprint density at radius 2 is 2.00 bits per heavy atom. The molecule has 124 valence electrons. The highest BCUT2D eigenvalue weighted by Gasteiger charge is 2.36. The minimum atomic E-state index is -1.06. The van der Waals surface area contributed by atoms with Gasteiger partial charge in [0.2, 0.25) is 5.91 Å². The average molecular weight is 323 g/mol. The number of rotatable bonds is 3. The smallest absolute Gasteiger partial charge is 0.332 e. The molecule has 6 nitrogen and oxygen atoms in total. The van der Waals surface area contributed by atoms with Crippen LogP contribution in [0.15, 0.2) is 18.2 Å². The van der Waals surface area contributed by atoms with E-state index < -0.39 is 24.0 Å². The van der Waals surface area contributed by atoms with Gasteiger partial charge in [0.15, 0.2) is 6.10 Å². The number of carboxylic acids is 1. The lowest BCUT2D eigenvalue weighted by Gasteiger charge is -2.20. The second kappa shape index (κ2) is 6.54. The third-order valence-electron chi connectivity index (χ3n) is 4.15. The van der Waals surface area contributed by atoms with Crippen LogP contribution in [-0.2, 0) is 14.3 Å². The van der Waals surface area contributed by atoms with Gasteiger partial charge in [0.25, 0.3) is 0 Å². The van der Waals surface area contributed by atoms with Crippen molar-refractivity contribution in [1.82, 2.24) is 5.32 Å². The highest BCUT2D eigenvalue weighted by atomic mass is 19.1. The van der Waals surface area contributed by atoms with E-state index in [1.54, 1.807) is 6.07 Å². The summed E-state index contributed by atoms with van der Waals surface area (Å²) in [6, 6.07) is 3.87. The highest BCUT2D eigenvalue weighted by molar-refractivity contribution is 5.83. The minimum Gasteiger partial charge on any atom is -0.493 e. The summed E-state index contributed by atoms with van der Waals surface area (Å²) in [7, 11) is 0. The summed E-state index contributed by atoms with van der Waals surface area (Å²) < 4.78 is 24.3. The topological polar surface area (TPSA) is 84.9 Å². The van der Waals surface area contributed by atoms with Gasteiger partial charge in [0, 0.05) is 5.56 Å². The molecular weight excluding hydrogens is 305 g/mol. The van der Waals surface area contributed by atoms with Crippen LogP contribution in [0.1, 0.15) is 37.3 Å². The van der Waals surface area contributed by atoms with Gasteiger partial charge in [0.05, 0.1) is 12.6 Å². The maximum atomic E-state index is 13.5. The van der Waals surface area contributed by atoms with Gasteiger partial charge in [-0.25, -0.2) is 9.18 Å². The molecule has 0 radical (unpaired) electrons. The lowest BCUT2D eigenvalue weighted by atomic mass is 10.0. The summed E-state index contributed by atoms with van der Waals surface area (Å²) >= 11 is 0. The number of amides is 1. The van der Waals surface area contributed by atoms with Crippen molar-refractivity contribution in [2.45, 2.75) is 43.9 Å². The van der Waals surface area contributed by atoms with Crippen LogP contribution in [-0.4, -0.2) is 35.8 Å². The van der Waals surface area contributed by atoms with E-state index in [9.17, 15) is 14.0 Å². The number of halogens is 1. The minimum absolute atomic E-state index is 0.312. The first-order valence-corrected chi connectivity index (χ1v) is 7.65. The Kier molecular flexibility index (Phi) is 4.47. The molecule has 1 aromatic carbocycles. The molecule has 1 amide bonds. The number of aliphatic carboxylic acids is 1. The van der Waals surface area contributed by atoms with Crippen molar-refractivity contribution in [2.24, 2.45) is 0 Å². The second-order valence-corrected chi connectivity index (χ2v) is 5.76. The molecule has 0 bridgehead atoms. The number of nitrogens with one attached hydrogen (secondary N) is 1. The Morgan fingerprint density at radius 1 is 1.22 bits per heavy atom.